The van der Waals surface area contributed by atoms with Crippen LogP contribution < -0.4 is 5.32 Å². The van der Waals surface area contributed by atoms with Crippen LogP contribution in [0.1, 0.15) is 58.0 Å². The van der Waals surface area contributed by atoms with Crippen LogP contribution in [-0.2, 0) is 22.4 Å². The Morgan fingerprint density at radius 1 is 1.19 bits per heavy atom. The minimum atomic E-state index is -0.901. The highest BCUT2D eigenvalue weighted by molar-refractivity contribution is 7.14. The first-order valence-corrected chi connectivity index (χ1v) is 10.1. The van der Waals surface area contributed by atoms with E-state index in [4.69, 9.17) is 4.74 Å². The molecule has 26 heavy (non-hydrogen) atoms. The smallest absolute Gasteiger partial charge is 0.349 e. The number of carbonyl (C=O) groups excluding carboxylic acids is 2. The molecule has 1 aromatic heterocycles. The molecular weight excluding hydrogens is 346 g/mol. The number of benzene rings is 1. The van der Waals surface area contributed by atoms with Crippen molar-refractivity contribution in [3.8, 4) is 0 Å². The van der Waals surface area contributed by atoms with Gasteiger partial charge in [-0.3, -0.25) is 4.79 Å². The molecule has 4 nitrogen and oxygen atoms in total. The van der Waals surface area contributed by atoms with E-state index >= 15 is 0 Å². The van der Waals surface area contributed by atoms with Gasteiger partial charge in [0.25, 0.3) is 5.91 Å². The number of rotatable bonds is 5. The molecule has 4 rings (SSSR count). The molecule has 1 N–H and O–H groups in total. The summed E-state index contributed by atoms with van der Waals surface area (Å²) in [5.74, 6) is 0.0150. The Hall–Kier alpha value is -2.14. The van der Waals surface area contributed by atoms with E-state index in [2.05, 4.69) is 12.2 Å². The van der Waals surface area contributed by atoms with Crippen molar-refractivity contribution in [3.05, 3.63) is 57.3 Å². The second-order valence-corrected chi connectivity index (χ2v) is 8.52. The number of ether oxygens (including phenoxy) is 1. The SMILES string of the molecule is C[C@@H]1CCc2sc(C(=O)O[C@@H](C(=O)NC3CC3)c3ccccc3)cc2C1. The lowest BCUT2D eigenvalue weighted by molar-refractivity contribution is -0.130. The Balaban J connectivity index is 1.53. The highest BCUT2D eigenvalue weighted by Gasteiger charge is 2.32. The van der Waals surface area contributed by atoms with Crippen LogP contribution in [0.15, 0.2) is 36.4 Å². The first-order valence-electron chi connectivity index (χ1n) is 9.28. The van der Waals surface area contributed by atoms with Gasteiger partial charge in [0.05, 0.1) is 0 Å². The van der Waals surface area contributed by atoms with E-state index < -0.39 is 12.1 Å². The van der Waals surface area contributed by atoms with Crippen LogP contribution in [0.25, 0.3) is 0 Å². The summed E-state index contributed by atoms with van der Waals surface area (Å²) in [5.41, 5.74) is 1.97. The van der Waals surface area contributed by atoms with Crippen molar-refractivity contribution in [2.75, 3.05) is 0 Å². The number of hydrogen-bond donors (Lipinski definition) is 1. The Bertz CT molecular complexity index is 810. The molecule has 0 unspecified atom stereocenters. The molecule has 0 spiro atoms. The number of amides is 1. The standard InChI is InChI=1S/C21H23NO3S/c1-13-7-10-17-15(11-13)12-18(26-17)21(24)25-19(14-5-3-2-4-6-14)20(23)22-16-8-9-16/h2-6,12-13,16,19H,7-11H2,1H3,(H,22,23)/t13-,19-/m1/s1. The normalized spacial score (nSPS) is 20.1. The molecule has 0 aliphatic heterocycles. The fraction of sp³-hybridized carbons (Fsp3) is 0.429. The minimum Gasteiger partial charge on any atom is -0.443 e. The van der Waals surface area contributed by atoms with Gasteiger partial charge in [-0.15, -0.1) is 11.3 Å². The van der Waals surface area contributed by atoms with Crippen molar-refractivity contribution in [2.24, 2.45) is 5.92 Å². The Labute approximate surface area is 157 Å². The first kappa shape index (κ1) is 17.3. The van der Waals surface area contributed by atoms with Crippen LogP contribution in [0.2, 0.25) is 0 Å². The average Bonchev–Trinajstić information content (AvgIpc) is 3.35. The maximum Gasteiger partial charge on any atom is 0.349 e. The molecule has 1 saturated carbocycles. The van der Waals surface area contributed by atoms with Crippen LogP contribution in [0.3, 0.4) is 0 Å². The zero-order chi connectivity index (χ0) is 18.1. The van der Waals surface area contributed by atoms with Gasteiger partial charge in [-0.05, 0) is 49.7 Å². The van der Waals surface area contributed by atoms with E-state index in [1.165, 1.54) is 28.2 Å². The van der Waals surface area contributed by atoms with Crippen molar-refractivity contribution < 1.29 is 14.3 Å². The number of hydrogen-bond acceptors (Lipinski definition) is 4. The lowest BCUT2D eigenvalue weighted by atomic mass is 9.90. The Kier molecular flexibility index (Phi) is 4.81. The zero-order valence-corrected chi connectivity index (χ0v) is 15.7. The van der Waals surface area contributed by atoms with Crippen molar-refractivity contribution >= 4 is 23.2 Å². The quantitative estimate of drug-likeness (QED) is 0.809. The molecule has 2 aromatic rings. The molecule has 0 saturated heterocycles. The largest absolute Gasteiger partial charge is 0.443 e. The Morgan fingerprint density at radius 3 is 2.69 bits per heavy atom. The summed E-state index contributed by atoms with van der Waals surface area (Å²) >= 11 is 1.51. The van der Waals surface area contributed by atoms with E-state index in [9.17, 15) is 9.59 Å². The molecule has 2 aliphatic rings. The van der Waals surface area contributed by atoms with Crippen molar-refractivity contribution in [2.45, 2.75) is 51.2 Å². The summed E-state index contributed by atoms with van der Waals surface area (Å²) in [6.45, 7) is 2.24. The van der Waals surface area contributed by atoms with Crippen LogP contribution >= 0.6 is 11.3 Å². The van der Waals surface area contributed by atoms with Gasteiger partial charge < -0.3 is 10.1 Å². The predicted molar refractivity (Wildman–Crippen MR) is 101 cm³/mol. The van der Waals surface area contributed by atoms with Crippen LogP contribution in [0.4, 0.5) is 0 Å². The van der Waals surface area contributed by atoms with E-state index in [1.807, 2.05) is 36.4 Å². The number of nitrogens with one attached hydrogen (secondary N) is 1. The molecule has 1 fully saturated rings. The lowest BCUT2D eigenvalue weighted by Gasteiger charge is -2.17. The van der Waals surface area contributed by atoms with E-state index in [1.54, 1.807) is 0 Å². The minimum absolute atomic E-state index is 0.225. The third kappa shape index (κ3) is 3.83. The molecular formula is C21H23NO3S. The summed E-state index contributed by atoms with van der Waals surface area (Å²) < 4.78 is 5.68. The molecule has 1 aromatic carbocycles. The number of thiophene rings is 1. The third-order valence-electron chi connectivity index (χ3n) is 5.02. The van der Waals surface area contributed by atoms with Gasteiger partial charge in [0, 0.05) is 16.5 Å². The number of esters is 1. The third-order valence-corrected chi connectivity index (χ3v) is 6.24. The molecule has 1 amide bonds. The summed E-state index contributed by atoms with van der Waals surface area (Å²) in [7, 11) is 0. The van der Waals surface area contributed by atoms with Crippen molar-refractivity contribution in [1.82, 2.24) is 5.32 Å². The molecule has 1 heterocycles. The summed E-state index contributed by atoms with van der Waals surface area (Å²) in [4.78, 5) is 27.2. The number of aryl methyl sites for hydroxylation is 1. The highest BCUT2D eigenvalue weighted by Crippen LogP contribution is 2.33. The maximum absolute atomic E-state index is 12.7. The van der Waals surface area contributed by atoms with Gasteiger partial charge >= 0.3 is 5.97 Å². The van der Waals surface area contributed by atoms with Gasteiger partial charge in [0.15, 0.2) is 0 Å². The van der Waals surface area contributed by atoms with E-state index in [0.29, 0.717) is 16.4 Å². The monoisotopic (exact) mass is 369 g/mol. The summed E-state index contributed by atoms with van der Waals surface area (Å²) in [6, 6.07) is 11.4. The number of carbonyl (C=O) groups is 2. The maximum atomic E-state index is 12.7. The van der Waals surface area contributed by atoms with Gasteiger partial charge in [-0.2, -0.15) is 0 Å². The average molecular weight is 369 g/mol. The molecule has 5 heteroatoms. The molecule has 2 aliphatic carbocycles. The van der Waals surface area contributed by atoms with Gasteiger partial charge in [-0.25, -0.2) is 4.79 Å². The second-order valence-electron chi connectivity index (χ2n) is 7.39. The lowest BCUT2D eigenvalue weighted by Crippen LogP contribution is -2.33. The van der Waals surface area contributed by atoms with E-state index in [0.717, 1.165) is 25.7 Å². The Morgan fingerprint density at radius 2 is 1.96 bits per heavy atom. The molecule has 0 radical (unpaired) electrons. The van der Waals surface area contributed by atoms with Crippen LogP contribution in [0.5, 0.6) is 0 Å². The highest BCUT2D eigenvalue weighted by atomic mass is 32.1. The predicted octanol–water partition coefficient (Wildman–Crippen LogP) is 4.05. The fourth-order valence-electron chi connectivity index (χ4n) is 3.38. The van der Waals surface area contributed by atoms with Crippen molar-refractivity contribution in [3.63, 3.8) is 0 Å². The summed E-state index contributed by atoms with van der Waals surface area (Å²) in [6.07, 6.45) is 4.30. The number of fused-ring (bicyclic) bond motifs is 1. The van der Waals surface area contributed by atoms with Gasteiger partial charge in [0.1, 0.15) is 4.88 Å². The van der Waals surface area contributed by atoms with Gasteiger partial charge in [-0.1, -0.05) is 37.3 Å². The van der Waals surface area contributed by atoms with Crippen LogP contribution in [0, 0.1) is 5.92 Å². The molecule has 0 bridgehead atoms. The second kappa shape index (κ2) is 7.23. The first-order chi connectivity index (χ1) is 12.6. The fourth-order valence-corrected chi connectivity index (χ4v) is 4.47. The molecule has 136 valence electrons. The topological polar surface area (TPSA) is 55.4 Å². The van der Waals surface area contributed by atoms with Crippen molar-refractivity contribution in [1.29, 1.82) is 0 Å². The molecule has 2 atom stereocenters. The zero-order valence-electron chi connectivity index (χ0n) is 14.9. The van der Waals surface area contributed by atoms with E-state index in [-0.39, 0.29) is 11.9 Å². The summed E-state index contributed by atoms with van der Waals surface area (Å²) in [5, 5.41) is 2.95. The van der Waals surface area contributed by atoms with Crippen LogP contribution in [-0.4, -0.2) is 17.9 Å². The van der Waals surface area contributed by atoms with Gasteiger partial charge in [0.2, 0.25) is 6.10 Å².